The number of aryl methyl sites for hydroxylation is 1. The van der Waals surface area contributed by atoms with Crippen molar-refractivity contribution in [3.8, 4) is 0 Å². The molecule has 5 nitrogen and oxygen atoms in total. The highest BCUT2D eigenvalue weighted by atomic mass is 16.5. The van der Waals surface area contributed by atoms with Gasteiger partial charge in [0.15, 0.2) is 0 Å². The molecule has 0 spiro atoms. The third-order valence-electron chi connectivity index (χ3n) is 2.07. The third-order valence-corrected chi connectivity index (χ3v) is 2.07. The van der Waals surface area contributed by atoms with Gasteiger partial charge in [0.1, 0.15) is 0 Å². The van der Waals surface area contributed by atoms with Crippen LogP contribution >= 0.6 is 0 Å². The Balaban J connectivity index is 2.81. The van der Waals surface area contributed by atoms with Crippen LogP contribution in [0.4, 0.5) is 16.2 Å². The molecule has 0 unspecified atom stereocenters. The van der Waals surface area contributed by atoms with Gasteiger partial charge in [-0.25, -0.2) is 4.79 Å². The Hall–Kier alpha value is -2.04. The van der Waals surface area contributed by atoms with E-state index in [1.165, 1.54) is 6.92 Å². The second-order valence-electron chi connectivity index (χ2n) is 3.56. The van der Waals surface area contributed by atoms with E-state index in [1.54, 1.807) is 19.1 Å². The quantitative estimate of drug-likeness (QED) is 0.847. The molecule has 0 bridgehead atoms. The van der Waals surface area contributed by atoms with E-state index in [4.69, 9.17) is 4.74 Å². The summed E-state index contributed by atoms with van der Waals surface area (Å²) in [5.74, 6) is -0.151. The van der Waals surface area contributed by atoms with Crippen molar-refractivity contribution < 1.29 is 14.3 Å². The molecule has 5 heteroatoms. The van der Waals surface area contributed by atoms with Gasteiger partial charge in [0.2, 0.25) is 5.91 Å². The van der Waals surface area contributed by atoms with Crippen LogP contribution in [0.5, 0.6) is 0 Å². The molecule has 0 atom stereocenters. The fraction of sp³-hybridized carbons (Fsp3) is 0.333. The monoisotopic (exact) mass is 236 g/mol. The summed E-state index contributed by atoms with van der Waals surface area (Å²) in [5.41, 5.74) is 2.18. The summed E-state index contributed by atoms with van der Waals surface area (Å²) in [6.07, 6.45) is -0.509. The second-order valence-corrected chi connectivity index (χ2v) is 3.56. The van der Waals surface area contributed by atoms with Gasteiger partial charge in [0.05, 0.1) is 6.61 Å². The maximum absolute atomic E-state index is 11.2. The molecular formula is C12H16N2O3. The number of carbonyl (C=O) groups is 2. The van der Waals surface area contributed by atoms with E-state index in [0.29, 0.717) is 18.0 Å². The number of carbonyl (C=O) groups excluding carboxylic acids is 2. The Morgan fingerprint density at radius 2 is 2.00 bits per heavy atom. The van der Waals surface area contributed by atoms with Crippen LogP contribution in [0.3, 0.4) is 0 Å². The van der Waals surface area contributed by atoms with Crippen LogP contribution in [-0.4, -0.2) is 18.6 Å². The van der Waals surface area contributed by atoms with Crippen molar-refractivity contribution in [3.05, 3.63) is 23.8 Å². The Morgan fingerprint density at radius 1 is 1.29 bits per heavy atom. The lowest BCUT2D eigenvalue weighted by atomic mass is 10.2. The number of nitrogens with one attached hydrogen (secondary N) is 2. The van der Waals surface area contributed by atoms with Gasteiger partial charge in [-0.05, 0) is 31.5 Å². The molecule has 0 aliphatic carbocycles. The third kappa shape index (κ3) is 4.14. The molecule has 0 aromatic heterocycles. The van der Waals surface area contributed by atoms with Crippen LogP contribution in [0.2, 0.25) is 0 Å². The van der Waals surface area contributed by atoms with Crippen molar-refractivity contribution in [2.24, 2.45) is 0 Å². The van der Waals surface area contributed by atoms with Crippen LogP contribution in [0.25, 0.3) is 0 Å². The van der Waals surface area contributed by atoms with Crippen LogP contribution in [0, 0.1) is 6.92 Å². The van der Waals surface area contributed by atoms with Crippen LogP contribution < -0.4 is 10.6 Å². The largest absolute Gasteiger partial charge is 0.450 e. The minimum atomic E-state index is -0.509. The van der Waals surface area contributed by atoms with E-state index < -0.39 is 6.09 Å². The summed E-state index contributed by atoms with van der Waals surface area (Å²) in [7, 11) is 0. The van der Waals surface area contributed by atoms with Crippen molar-refractivity contribution in [2.45, 2.75) is 20.8 Å². The molecule has 2 amide bonds. The molecule has 0 aliphatic heterocycles. The smallest absolute Gasteiger partial charge is 0.411 e. The average molecular weight is 236 g/mol. The number of benzene rings is 1. The zero-order valence-corrected chi connectivity index (χ0v) is 10.2. The summed E-state index contributed by atoms with van der Waals surface area (Å²) in [6, 6.07) is 5.25. The molecular weight excluding hydrogens is 220 g/mol. The van der Waals surface area contributed by atoms with Crippen LogP contribution in [0.1, 0.15) is 19.4 Å². The van der Waals surface area contributed by atoms with Gasteiger partial charge in [-0.1, -0.05) is 6.07 Å². The van der Waals surface area contributed by atoms with E-state index >= 15 is 0 Å². The highest BCUT2D eigenvalue weighted by molar-refractivity contribution is 5.91. The van der Waals surface area contributed by atoms with E-state index in [2.05, 4.69) is 10.6 Å². The Kier molecular flexibility index (Phi) is 4.51. The molecule has 1 aromatic rings. The molecule has 2 N–H and O–H groups in total. The lowest BCUT2D eigenvalue weighted by molar-refractivity contribution is -0.114. The van der Waals surface area contributed by atoms with Crippen molar-refractivity contribution >= 4 is 23.4 Å². The molecule has 92 valence electrons. The van der Waals surface area contributed by atoms with Gasteiger partial charge < -0.3 is 10.1 Å². The maximum Gasteiger partial charge on any atom is 0.411 e. The predicted molar refractivity (Wildman–Crippen MR) is 66.1 cm³/mol. The zero-order valence-electron chi connectivity index (χ0n) is 10.2. The SMILES string of the molecule is CCOC(=O)Nc1ccc(C)c(NC(C)=O)c1. The number of anilines is 2. The number of rotatable bonds is 3. The molecule has 17 heavy (non-hydrogen) atoms. The van der Waals surface area contributed by atoms with Crippen LogP contribution in [-0.2, 0) is 9.53 Å². The van der Waals surface area contributed by atoms with Crippen molar-refractivity contribution in [3.63, 3.8) is 0 Å². The van der Waals surface area contributed by atoms with Crippen LogP contribution in [0.15, 0.2) is 18.2 Å². The van der Waals surface area contributed by atoms with E-state index in [1.807, 2.05) is 13.0 Å². The first-order valence-electron chi connectivity index (χ1n) is 5.35. The molecule has 0 saturated heterocycles. The lowest BCUT2D eigenvalue weighted by Crippen LogP contribution is -2.14. The molecule has 1 aromatic carbocycles. The van der Waals surface area contributed by atoms with Crippen molar-refractivity contribution in [1.82, 2.24) is 0 Å². The van der Waals surface area contributed by atoms with E-state index in [9.17, 15) is 9.59 Å². The molecule has 0 aliphatic rings. The van der Waals surface area contributed by atoms with Crippen molar-refractivity contribution in [2.75, 3.05) is 17.2 Å². The minimum absolute atomic E-state index is 0.151. The van der Waals surface area contributed by atoms with Gasteiger partial charge >= 0.3 is 6.09 Å². The van der Waals surface area contributed by atoms with E-state index in [0.717, 1.165) is 5.56 Å². The fourth-order valence-corrected chi connectivity index (χ4v) is 1.31. The highest BCUT2D eigenvalue weighted by Crippen LogP contribution is 2.20. The Morgan fingerprint density at radius 3 is 2.59 bits per heavy atom. The molecule has 0 saturated carbocycles. The normalized spacial score (nSPS) is 9.59. The fourth-order valence-electron chi connectivity index (χ4n) is 1.31. The van der Waals surface area contributed by atoms with Crippen molar-refractivity contribution in [1.29, 1.82) is 0 Å². The standard InChI is InChI=1S/C12H16N2O3/c1-4-17-12(16)14-10-6-5-8(2)11(7-10)13-9(3)15/h5-7H,4H2,1-3H3,(H,13,15)(H,14,16). The first kappa shape index (κ1) is 13.0. The highest BCUT2D eigenvalue weighted by Gasteiger charge is 2.05. The number of hydrogen-bond donors (Lipinski definition) is 2. The number of ether oxygens (including phenoxy) is 1. The lowest BCUT2D eigenvalue weighted by Gasteiger charge is -2.10. The molecule has 0 heterocycles. The molecule has 1 rings (SSSR count). The van der Waals surface area contributed by atoms with Gasteiger partial charge in [-0.3, -0.25) is 10.1 Å². The topological polar surface area (TPSA) is 67.4 Å². The van der Waals surface area contributed by atoms with E-state index in [-0.39, 0.29) is 5.91 Å². The summed E-state index contributed by atoms with van der Waals surface area (Å²) < 4.78 is 4.76. The average Bonchev–Trinajstić information content (AvgIpc) is 2.22. The summed E-state index contributed by atoms with van der Waals surface area (Å²) in [4.78, 5) is 22.2. The second kappa shape index (κ2) is 5.89. The number of amides is 2. The summed E-state index contributed by atoms with van der Waals surface area (Å²) in [5, 5.41) is 5.26. The van der Waals surface area contributed by atoms with Gasteiger partial charge in [0, 0.05) is 18.3 Å². The maximum atomic E-state index is 11.2. The Bertz CT molecular complexity index is 430. The van der Waals surface area contributed by atoms with Gasteiger partial charge in [-0.15, -0.1) is 0 Å². The summed E-state index contributed by atoms with van der Waals surface area (Å²) >= 11 is 0. The minimum Gasteiger partial charge on any atom is -0.450 e. The first-order chi connectivity index (χ1) is 8.02. The Labute approximate surface area is 100 Å². The number of hydrogen-bond acceptors (Lipinski definition) is 3. The summed E-state index contributed by atoms with van der Waals surface area (Å²) in [6.45, 7) is 5.36. The van der Waals surface area contributed by atoms with Gasteiger partial charge in [0.25, 0.3) is 0 Å². The van der Waals surface area contributed by atoms with Gasteiger partial charge in [-0.2, -0.15) is 0 Å². The molecule has 0 radical (unpaired) electrons. The first-order valence-corrected chi connectivity index (χ1v) is 5.35. The predicted octanol–water partition coefficient (Wildman–Crippen LogP) is 2.52. The molecule has 0 fully saturated rings. The zero-order chi connectivity index (χ0) is 12.8.